The van der Waals surface area contributed by atoms with Gasteiger partial charge in [-0.25, -0.2) is 0 Å². The van der Waals surface area contributed by atoms with Gasteiger partial charge in [-0.05, 0) is 12.1 Å². The highest BCUT2D eigenvalue weighted by atomic mass is 16.6. The summed E-state index contributed by atoms with van der Waals surface area (Å²) in [6, 6.07) is 9.20. The number of benzene rings is 1. The van der Waals surface area contributed by atoms with Crippen LogP contribution in [-0.2, 0) is 4.79 Å². The molecule has 1 amide bonds. The van der Waals surface area contributed by atoms with Crippen LogP contribution < -0.4 is 25.0 Å². The second kappa shape index (κ2) is 7.69. The molecule has 0 bridgehead atoms. The van der Waals surface area contributed by atoms with Crippen LogP contribution in [0.15, 0.2) is 36.5 Å². The van der Waals surface area contributed by atoms with E-state index >= 15 is 0 Å². The van der Waals surface area contributed by atoms with Crippen molar-refractivity contribution >= 4 is 17.4 Å². The van der Waals surface area contributed by atoms with Gasteiger partial charge in [0.2, 0.25) is 6.10 Å². The van der Waals surface area contributed by atoms with Crippen molar-refractivity contribution in [1.29, 1.82) is 0 Å². The number of hydrogen-bond donors (Lipinski definition) is 2. The van der Waals surface area contributed by atoms with E-state index in [2.05, 4.69) is 20.8 Å². The van der Waals surface area contributed by atoms with Gasteiger partial charge >= 0.3 is 0 Å². The largest absolute Gasteiger partial charge is 0.485 e. The number of carbonyl (C=O) groups is 1. The van der Waals surface area contributed by atoms with Gasteiger partial charge in [0.1, 0.15) is 6.61 Å². The van der Waals surface area contributed by atoms with Crippen molar-refractivity contribution in [1.82, 2.24) is 15.5 Å². The second-order valence-corrected chi connectivity index (χ2v) is 5.78. The van der Waals surface area contributed by atoms with Crippen LogP contribution in [0.1, 0.15) is 0 Å². The van der Waals surface area contributed by atoms with Gasteiger partial charge in [-0.1, -0.05) is 12.1 Å². The summed E-state index contributed by atoms with van der Waals surface area (Å²) in [6.07, 6.45) is 1.04. The Bertz CT molecular complexity index is 738. The molecule has 25 heavy (non-hydrogen) atoms. The zero-order valence-corrected chi connectivity index (χ0v) is 14.2. The number of anilines is 2. The predicted molar refractivity (Wildman–Crippen MR) is 94.2 cm³/mol. The molecule has 0 spiro atoms. The molecule has 0 fully saturated rings. The molecule has 0 aliphatic carbocycles. The second-order valence-electron chi connectivity index (χ2n) is 5.78. The highest BCUT2D eigenvalue weighted by molar-refractivity contribution is 5.81. The van der Waals surface area contributed by atoms with Gasteiger partial charge < -0.3 is 25.0 Å². The molecule has 1 atom stereocenters. The Hall–Kier alpha value is -3.03. The summed E-state index contributed by atoms with van der Waals surface area (Å²) in [5.41, 5.74) is 0.952. The summed E-state index contributed by atoms with van der Waals surface area (Å²) in [6.45, 7) is 1.17. The Morgan fingerprint density at radius 2 is 2.08 bits per heavy atom. The molecule has 1 aliphatic rings. The van der Waals surface area contributed by atoms with Crippen LogP contribution in [0.3, 0.4) is 0 Å². The lowest BCUT2D eigenvalue weighted by Gasteiger charge is -2.25. The topological polar surface area (TPSA) is 88.6 Å². The molecule has 1 aromatic heterocycles. The van der Waals surface area contributed by atoms with Crippen molar-refractivity contribution in [3.8, 4) is 11.5 Å². The zero-order chi connectivity index (χ0) is 17.6. The Morgan fingerprint density at radius 3 is 2.88 bits per heavy atom. The summed E-state index contributed by atoms with van der Waals surface area (Å²) < 4.78 is 11.2. The van der Waals surface area contributed by atoms with E-state index in [0.29, 0.717) is 30.4 Å². The first-order valence-corrected chi connectivity index (χ1v) is 8.03. The Morgan fingerprint density at radius 1 is 1.28 bits per heavy atom. The fraction of sp³-hybridized carbons (Fsp3) is 0.353. The van der Waals surface area contributed by atoms with E-state index in [1.54, 1.807) is 12.3 Å². The number of ether oxygens (including phenoxy) is 2. The third-order valence-electron chi connectivity index (χ3n) is 3.69. The first kappa shape index (κ1) is 16.8. The van der Waals surface area contributed by atoms with E-state index in [4.69, 9.17) is 9.47 Å². The summed E-state index contributed by atoms with van der Waals surface area (Å²) in [5.74, 6) is 1.70. The lowest BCUT2D eigenvalue weighted by molar-refractivity contribution is -0.130. The number of nitrogens with one attached hydrogen (secondary N) is 2. The average Bonchev–Trinajstić information content (AvgIpc) is 2.65. The fourth-order valence-corrected chi connectivity index (χ4v) is 2.33. The molecule has 0 saturated carbocycles. The molecule has 1 aliphatic heterocycles. The predicted octanol–water partition coefficient (Wildman–Crippen LogP) is 0.911. The van der Waals surface area contributed by atoms with Crippen molar-refractivity contribution in [2.75, 3.05) is 44.0 Å². The number of rotatable bonds is 6. The first-order chi connectivity index (χ1) is 12.1. The number of carbonyl (C=O) groups excluding carboxylic acids is 1. The van der Waals surface area contributed by atoms with Crippen molar-refractivity contribution < 1.29 is 14.3 Å². The van der Waals surface area contributed by atoms with Gasteiger partial charge in [0, 0.05) is 33.3 Å². The minimum Gasteiger partial charge on any atom is -0.485 e. The minimum atomic E-state index is -0.647. The summed E-state index contributed by atoms with van der Waals surface area (Å²) in [7, 11) is 3.87. The molecular weight excluding hydrogens is 322 g/mol. The summed E-state index contributed by atoms with van der Waals surface area (Å²) >= 11 is 0. The molecule has 132 valence electrons. The van der Waals surface area contributed by atoms with Gasteiger partial charge in [0.05, 0.1) is 11.9 Å². The highest BCUT2D eigenvalue weighted by Crippen LogP contribution is 2.30. The lowest BCUT2D eigenvalue weighted by atomic mass is 10.2. The third kappa shape index (κ3) is 4.28. The number of hydrogen-bond acceptors (Lipinski definition) is 7. The molecule has 1 aromatic carbocycles. The van der Waals surface area contributed by atoms with Crippen molar-refractivity contribution in [2.24, 2.45) is 0 Å². The van der Waals surface area contributed by atoms with Crippen LogP contribution in [0.25, 0.3) is 0 Å². The van der Waals surface area contributed by atoms with Crippen LogP contribution in [0.2, 0.25) is 0 Å². The first-order valence-electron chi connectivity index (χ1n) is 8.03. The summed E-state index contributed by atoms with van der Waals surface area (Å²) in [4.78, 5) is 14.1. The van der Waals surface area contributed by atoms with E-state index in [-0.39, 0.29) is 12.5 Å². The number of nitrogens with zero attached hydrogens (tertiary/aromatic N) is 3. The number of fused-ring (bicyclic) bond motifs is 1. The normalized spacial score (nSPS) is 15.4. The van der Waals surface area contributed by atoms with E-state index in [1.807, 2.05) is 43.3 Å². The molecule has 2 N–H and O–H groups in total. The molecule has 8 heteroatoms. The standard InChI is InChI=1S/C17H21N5O3/c1-22(2)12-9-16(21-20-10-12)18-7-8-19-17(23)15-11-24-13-5-3-4-6-14(13)25-15/h3-6,9-10,15H,7-8,11H2,1-2H3,(H,18,21)(H,19,23). The molecule has 8 nitrogen and oxygen atoms in total. The maximum Gasteiger partial charge on any atom is 0.264 e. The molecule has 2 heterocycles. The smallest absolute Gasteiger partial charge is 0.264 e. The molecular formula is C17H21N5O3. The Labute approximate surface area is 146 Å². The average molecular weight is 343 g/mol. The maximum absolute atomic E-state index is 12.2. The number of para-hydroxylation sites is 2. The van der Waals surface area contributed by atoms with Crippen LogP contribution in [0.5, 0.6) is 11.5 Å². The molecule has 2 aromatic rings. The van der Waals surface area contributed by atoms with Gasteiger partial charge in [0.15, 0.2) is 17.3 Å². The SMILES string of the molecule is CN(C)c1cnnc(NCCNC(=O)C2COc3ccccc3O2)c1. The van der Waals surface area contributed by atoms with Crippen molar-refractivity contribution in [3.63, 3.8) is 0 Å². The van der Waals surface area contributed by atoms with Crippen LogP contribution in [-0.4, -0.2) is 56.0 Å². The van der Waals surface area contributed by atoms with Gasteiger partial charge in [0.25, 0.3) is 5.91 Å². The minimum absolute atomic E-state index is 0.201. The monoisotopic (exact) mass is 343 g/mol. The fourth-order valence-electron chi connectivity index (χ4n) is 2.33. The lowest BCUT2D eigenvalue weighted by Crippen LogP contribution is -2.45. The van der Waals surface area contributed by atoms with Crippen molar-refractivity contribution in [2.45, 2.75) is 6.10 Å². The van der Waals surface area contributed by atoms with E-state index in [1.165, 1.54) is 0 Å². The van der Waals surface area contributed by atoms with E-state index in [0.717, 1.165) is 5.69 Å². The van der Waals surface area contributed by atoms with Gasteiger partial charge in [-0.2, -0.15) is 5.10 Å². The van der Waals surface area contributed by atoms with Gasteiger partial charge in [-0.3, -0.25) is 4.79 Å². The van der Waals surface area contributed by atoms with Crippen molar-refractivity contribution in [3.05, 3.63) is 36.5 Å². The molecule has 3 rings (SSSR count). The Balaban J connectivity index is 1.44. The van der Waals surface area contributed by atoms with Gasteiger partial charge in [-0.15, -0.1) is 5.10 Å². The zero-order valence-electron chi connectivity index (χ0n) is 14.2. The molecule has 1 unspecified atom stereocenters. The van der Waals surface area contributed by atoms with Crippen LogP contribution in [0, 0.1) is 0 Å². The van der Waals surface area contributed by atoms with Crippen LogP contribution in [0.4, 0.5) is 11.5 Å². The maximum atomic E-state index is 12.2. The quantitative estimate of drug-likeness (QED) is 0.754. The third-order valence-corrected chi connectivity index (χ3v) is 3.69. The van der Waals surface area contributed by atoms with Crippen LogP contribution >= 0.6 is 0 Å². The Kier molecular flexibility index (Phi) is 5.17. The summed E-state index contributed by atoms with van der Waals surface area (Å²) in [5, 5.41) is 13.9. The number of aromatic nitrogens is 2. The molecule has 0 saturated heterocycles. The number of amides is 1. The highest BCUT2D eigenvalue weighted by Gasteiger charge is 2.26. The molecule has 0 radical (unpaired) electrons. The van der Waals surface area contributed by atoms with E-state index in [9.17, 15) is 4.79 Å². The van der Waals surface area contributed by atoms with E-state index < -0.39 is 6.10 Å².